The van der Waals surface area contributed by atoms with E-state index in [1.807, 2.05) is 0 Å². The van der Waals surface area contributed by atoms with Crippen molar-refractivity contribution >= 4 is 17.4 Å². The molecular weight excluding hydrogens is 270 g/mol. The molecule has 0 fully saturated rings. The number of hydrogen-bond donors (Lipinski definition) is 1. The van der Waals surface area contributed by atoms with Crippen LogP contribution in [-0.4, -0.2) is 29.1 Å². The topological polar surface area (TPSA) is 95.3 Å². The summed E-state index contributed by atoms with van der Waals surface area (Å²) in [7, 11) is 0. The van der Waals surface area contributed by atoms with Crippen LogP contribution in [0, 0.1) is 0 Å². The van der Waals surface area contributed by atoms with Crippen LogP contribution in [0.4, 0.5) is 0 Å². The Morgan fingerprint density at radius 1 is 1.68 bits per heavy atom. The first-order chi connectivity index (χ1) is 9.05. The fraction of sp³-hybridized carbons (Fsp3) is 0.417. The van der Waals surface area contributed by atoms with Crippen molar-refractivity contribution in [1.29, 1.82) is 0 Å². The second-order valence-corrected chi connectivity index (χ2v) is 4.73. The number of aliphatic hydroxyl groups is 1. The number of Topliss-reactive ketones (excluding diaryl/α,β-unsaturated/α-hetero) is 1. The van der Waals surface area contributed by atoms with Gasteiger partial charge >= 0.3 is 0 Å². The number of rotatable bonds is 3. The van der Waals surface area contributed by atoms with Crippen molar-refractivity contribution in [2.45, 2.75) is 25.0 Å². The lowest BCUT2D eigenvalue weighted by molar-refractivity contribution is 0.0332. The van der Waals surface area contributed by atoms with E-state index >= 15 is 0 Å². The maximum Gasteiger partial charge on any atom is 0.184 e. The molecule has 6 nitrogen and oxygen atoms in total. The number of carbonyl (C=O) groups is 1. The molecule has 0 radical (unpaired) electrons. The molecule has 19 heavy (non-hydrogen) atoms. The summed E-state index contributed by atoms with van der Waals surface area (Å²) in [6, 6.07) is 4.63. The minimum atomic E-state index is -1.62. The highest BCUT2D eigenvalue weighted by molar-refractivity contribution is 6.31. The molecule has 0 bridgehead atoms. The van der Waals surface area contributed by atoms with Crippen LogP contribution in [0.3, 0.4) is 0 Å². The van der Waals surface area contributed by atoms with Gasteiger partial charge in [-0.2, -0.15) is 0 Å². The van der Waals surface area contributed by atoms with Gasteiger partial charge in [0.1, 0.15) is 12.4 Å². The summed E-state index contributed by atoms with van der Waals surface area (Å²) in [6.07, 6.45) is -0.840. The fourth-order valence-corrected chi connectivity index (χ4v) is 2.27. The zero-order valence-corrected chi connectivity index (χ0v) is 11.0. The average molecular weight is 282 g/mol. The third kappa shape index (κ3) is 2.14. The highest BCUT2D eigenvalue weighted by Crippen LogP contribution is 2.36. The fourth-order valence-electron chi connectivity index (χ4n) is 2.10. The lowest BCUT2D eigenvalue weighted by Crippen LogP contribution is -2.54. The van der Waals surface area contributed by atoms with E-state index in [9.17, 15) is 9.90 Å². The molecule has 0 unspecified atom stereocenters. The van der Waals surface area contributed by atoms with Crippen LogP contribution in [0.2, 0.25) is 5.02 Å². The van der Waals surface area contributed by atoms with Crippen LogP contribution in [0.1, 0.15) is 23.7 Å². The number of benzene rings is 1. The summed E-state index contributed by atoms with van der Waals surface area (Å²) in [5.41, 5.74) is 7.26. The number of azide groups is 1. The highest BCUT2D eigenvalue weighted by Gasteiger charge is 2.48. The van der Waals surface area contributed by atoms with Gasteiger partial charge in [0.15, 0.2) is 11.3 Å². The second kappa shape index (κ2) is 5.09. The average Bonchev–Trinajstić information content (AvgIpc) is 2.42. The molecular formula is C12H12ClN3O3. The number of carbonyl (C=O) groups excluding carboxylic acids is 1. The third-order valence-corrected chi connectivity index (χ3v) is 3.42. The number of halogens is 1. The van der Waals surface area contributed by atoms with E-state index < -0.39 is 17.4 Å². The number of hydrogen-bond acceptors (Lipinski definition) is 4. The van der Waals surface area contributed by atoms with Crippen molar-refractivity contribution < 1.29 is 14.6 Å². The van der Waals surface area contributed by atoms with Crippen LogP contribution in [0.25, 0.3) is 10.4 Å². The zero-order chi connectivity index (χ0) is 14.0. The molecule has 0 saturated carbocycles. The van der Waals surface area contributed by atoms with Crippen LogP contribution in [0.5, 0.6) is 5.75 Å². The quantitative estimate of drug-likeness (QED) is 0.524. The van der Waals surface area contributed by atoms with E-state index in [2.05, 4.69) is 10.0 Å². The predicted molar refractivity (Wildman–Crippen MR) is 69.5 cm³/mol. The molecule has 0 saturated heterocycles. The molecule has 1 aromatic carbocycles. The van der Waals surface area contributed by atoms with Gasteiger partial charge in [-0.25, -0.2) is 0 Å². The standard InChI is InChI=1S/C12H12ClN3O3/c1-2-10(17)12(15-16-14)6-19-9-4-3-7(13)5-8(9)11(12)18/h3-5,10,17H,2,6H2,1H3/t10-,12-/m0/s1. The maximum atomic E-state index is 12.5. The SMILES string of the molecule is CC[C@H](O)[C@@]1(N=[N+]=[N-])COc2ccc(Cl)cc2C1=O. The van der Waals surface area contributed by atoms with Crippen molar-refractivity contribution in [1.82, 2.24) is 0 Å². The maximum absolute atomic E-state index is 12.5. The summed E-state index contributed by atoms with van der Waals surface area (Å²) in [5.74, 6) is -0.0927. The number of fused-ring (bicyclic) bond motifs is 1. The summed E-state index contributed by atoms with van der Waals surface area (Å²) in [6.45, 7) is 1.51. The monoisotopic (exact) mass is 281 g/mol. The number of aliphatic hydroxyl groups excluding tert-OH is 1. The summed E-state index contributed by atoms with van der Waals surface area (Å²) in [4.78, 5) is 15.2. The molecule has 1 aromatic rings. The smallest absolute Gasteiger partial charge is 0.184 e. The van der Waals surface area contributed by atoms with E-state index in [0.717, 1.165) is 0 Å². The Bertz CT molecular complexity index is 571. The van der Waals surface area contributed by atoms with Crippen molar-refractivity contribution in [3.05, 3.63) is 39.2 Å². The minimum absolute atomic E-state index is 0.181. The van der Waals surface area contributed by atoms with Gasteiger partial charge in [-0.05, 0) is 30.2 Å². The van der Waals surface area contributed by atoms with Crippen molar-refractivity contribution in [2.75, 3.05) is 6.61 Å². The molecule has 2 rings (SSSR count). The molecule has 0 spiro atoms. The Morgan fingerprint density at radius 2 is 2.42 bits per heavy atom. The predicted octanol–water partition coefficient (Wildman–Crippen LogP) is 2.74. The van der Waals surface area contributed by atoms with Crippen LogP contribution >= 0.6 is 11.6 Å². The van der Waals surface area contributed by atoms with Crippen molar-refractivity contribution in [3.8, 4) is 5.75 Å². The van der Waals surface area contributed by atoms with Crippen LogP contribution in [0.15, 0.2) is 23.3 Å². The number of ether oxygens (including phenoxy) is 1. The van der Waals surface area contributed by atoms with Gasteiger partial charge in [0.25, 0.3) is 0 Å². The first kappa shape index (κ1) is 13.7. The van der Waals surface area contributed by atoms with Crippen molar-refractivity contribution in [3.63, 3.8) is 0 Å². The third-order valence-electron chi connectivity index (χ3n) is 3.19. The zero-order valence-electron chi connectivity index (χ0n) is 10.2. The van der Waals surface area contributed by atoms with Crippen LogP contribution < -0.4 is 4.74 Å². The number of ketones is 1. The molecule has 100 valence electrons. The minimum Gasteiger partial charge on any atom is -0.492 e. The van der Waals surface area contributed by atoms with E-state index in [4.69, 9.17) is 21.9 Å². The van der Waals surface area contributed by atoms with E-state index in [1.165, 1.54) is 6.07 Å². The lowest BCUT2D eigenvalue weighted by atomic mass is 9.82. The Labute approximate surface area is 114 Å². The molecule has 0 aliphatic carbocycles. The Balaban J connectivity index is 2.56. The molecule has 1 aliphatic heterocycles. The van der Waals surface area contributed by atoms with E-state index in [0.29, 0.717) is 10.8 Å². The highest BCUT2D eigenvalue weighted by atomic mass is 35.5. The Kier molecular flexibility index (Phi) is 3.66. The normalized spacial score (nSPS) is 23.0. The second-order valence-electron chi connectivity index (χ2n) is 4.30. The molecule has 7 heteroatoms. The molecule has 2 atom stereocenters. The summed E-state index contributed by atoms with van der Waals surface area (Å²) < 4.78 is 5.44. The molecule has 0 aromatic heterocycles. The van der Waals surface area contributed by atoms with Gasteiger partial charge in [-0.1, -0.05) is 23.6 Å². The van der Waals surface area contributed by atoms with Crippen molar-refractivity contribution in [2.24, 2.45) is 5.11 Å². The van der Waals surface area contributed by atoms with Gasteiger partial charge in [-0.15, -0.1) is 0 Å². The van der Waals surface area contributed by atoms with Gasteiger partial charge in [0.2, 0.25) is 0 Å². The number of nitrogens with zero attached hydrogens (tertiary/aromatic N) is 3. The Hall–Kier alpha value is -1.75. The summed E-state index contributed by atoms with van der Waals surface area (Å²) in [5, 5.41) is 13.9. The first-order valence-corrected chi connectivity index (χ1v) is 6.14. The largest absolute Gasteiger partial charge is 0.492 e. The molecule has 1 aliphatic rings. The molecule has 0 amide bonds. The van der Waals surface area contributed by atoms with Gasteiger partial charge in [-0.3, -0.25) is 4.79 Å². The molecule has 1 N–H and O–H groups in total. The Morgan fingerprint density at radius 3 is 3.05 bits per heavy atom. The molecule has 1 heterocycles. The van der Waals surface area contributed by atoms with Gasteiger partial charge in [0.05, 0.1) is 11.7 Å². The van der Waals surface area contributed by atoms with Crippen LogP contribution in [-0.2, 0) is 0 Å². The van der Waals surface area contributed by atoms with Gasteiger partial charge < -0.3 is 9.84 Å². The lowest BCUT2D eigenvalue weighted by Gasteiger charge is -2.35. The summed E-state index contributed by atoms with van der Waals surface area (Å²) >= 11 is 5.85. The first-order valence-electron chi connectivity index (χ1n) is 5.76. The van der Waals surface area contributed by atoms with E-state index in [-0.39, 0.29) is 18.6 Å². The van der Waals surface area contributed by atoms with Gasteiger partial charge in [0, 0.05) is 9.93 Å². The van der Waals surface area contributed by atoms with E-state index in [1.54, 1.807) is 19.1 Å².